The molecule has 98 valence electrons. The van der Waals surface area contributed by atoms with Gasteiger partial charge in [0, 0.05) is 6.42 Å². The predicted molar refractivity (Wildman–Crippen MR) is 74.8 cm³/mol. The van der Waals surface area contributed by atoms with Crippen molar-refractivity contribution >= 4 is 0 Å². The largest absolute Gasteiger partial charge is 0.389 e. The second-order valence-corrected chi connectivity index (χ2v) is 6.74. The van der Waals surface area contributed by atoms with E-state index < -0.39 is 5.60 Å². The van der Waals surface area contributed by atoms with Gasteiger partial charge in [-0.2, -0.15) is 0 Å². The molecule has 2 fully saturated rings. The lowest BCUT2D eigenvalue weighted by atomic mass is 9.78. The molecule has 0 aromatic heterocycles. The summed E-state index contributed by atoms with van der Waals surface area (Å²) < 4.78 is 0. The Balaban J connectivity index is 1.89. The highest BCUT2D eigenvalue weighted by molar-refractivity contribution is 5.38. The van der Waals surface area contributed by atoms with Gasteiger partial charge in [-0.3, -0.25) is 0 Å². The fraction of sp³-hybridized carbons (Fsp3) is 0.647. The average molecular weight is 244 g/mol. The normalized spacial score (nSPS) is 34.2. The molecule has 1 nitrogen and oxygen atoms in total. The average Bonchev–Trinajstić information content (AvgIpc) is 2.83. The Morgan fingerprint density at radius 2 is 1.83 bits per heavy atom. The SMILES string of the molecule is Cc1cc(C)c(CC2(O)CC3CCC2C3)c(C)c1. The van der Waals surface area contributed by atoms with E-state index in [0.29, 0.717) is 5.92 Å². The number of aliphatic hydroxyl groups is 1. The summed E-state index contributed by atoms with van der Waals surface area (Å²) in [7, 11) is 0. The maximum absolute atomic E-state index is 11.0. The minimum absolute atomic E-state index is 0.409. The summed E-state index contributed by atoms with van der Waals surface area (Å²) in [6.45, 7) is 6.52. The molecule has 2 aliphatic rings. The zero-order chi connectivity index (χ0) is 12.9. The molecule has 0 aliphatic heterocycles. The van der Waals surface area contributed by atoms with E-state index in [1.54, 1.807) is 0 Å². The molecule has 3 unspecified atom stereocenters. The van der Waals surface area contributed by atoms with E-state index in [4.69, 9.17) is 0 Å². The van der Waals surface area contributed by atoms with Crippen LogP contribution in [0.1, 0.15) is 47.9 Å². The van der Waals surface area contributed by atoms with Crippen molar-refractivity contribution in [1.29, 1.82) is 0 Å². The summed E-state index contributed by atoms with van der Waals surface area (Å²) in [5.41, 5.74) is 5.00. The number of aryl methyl sites for hydroxylation is 3. The molecule has 0 heterocycles. The van der Waals surface area contributed by atoms with Crippen molar-refractivity contribution in [3.63, 3.8) is 0 Å². The predicted octanol–water partition coefficient (Wildman–Crippen LogP) is 3.71. The Kier molecular flexibility index (Phi) is 2.78. The summed E-state index contributed by atoms with van der Waals surface area (Å²) in [6, 6.07) is 4.50. The second kappa shape index (κ2) is 4.09. The van der Waals surface area contributed by atoms with Gasteiger partial charge in [-0.1, -0.05) is 17.7 Å². The third kappa shape index (κ3) is 1.89. The fourth-order valence-electron chi connectivity index (χ4n) is 4.43. The van der Waals surface area contributed by atoms with Crippen LogP contribution >= 0.6 is 0 Å². The third-order valence-electron chi connectivity index (χ3n) is 5.27. The molecule has 0 spiro atoms. The number of hydrogen-bond acceptors (Lipinski definition) is 1. The third-order valence-corrected chi connectivity index (χ3v) is 5.27. The van der Waals surface area contributed by atoms with Crippen LogP contribution in [0.4, 0.5) is 0 Å². The smallest absolute Gasteiger partial charge is 0.0718 e. The molecule has 2 aliphatic carbocycles. The molecule has 0 saturated heterocycles. The van der Waals surface area contributed by atoms with Crippen LogP contribution in [-0.2, 0) is 6.42 Å². The molecule has 1 N–H and O–H groups in total. The number of rotatable bonds is 2. The highest BCUT2D eigenvalue weighted by Crippen LogP contribution is 2.52. The quantitative estimate of drug-likeness (QED) is 0.841. The Morgan fingerprint density at radius 3 is 2.33 bits per heavy atom. The molecule has 2 bridgehead atoms. The van der Waals surface area contributed by atoms with Crippen molar-refractivity contribution in [3.05, 3.63) is 34.4 Å². The minimum Gasteiger partial charge on any atom is -0.389 e. The molecular formula is C17H24O. The summed E-state index contributed by atoms with van der Waals surface area (Å²) in [6.07, 6.45) is 5.75. The zero-order valence-electron chi connectivity index (χ0n) is 11.8. The van der Waals surface area contributed by atoms with E-state index in [1.807, 2.05) is 0 Å². The van der Waals surface area contributed by atoms with Crippen LogP contribution < -0.4 is 0 Å². The van der Waals surface area contributed by atoms with Crippen molar-refractivity contribution in [3.8, 4) is 0 Å². The van der Waals surface area contributed by atoms with Gasteiger partial charge in [0.15, 0.2) is 0 Å². The van der Waals surface area contributed by atoms with Crippen LogP contribution in [0.3, 0.4) is 0 Å². The topological polar surface area (TPSA) is 20.2 Å². The van der Waals surface area contributed by atoms with E-state index in [0.717, 1.165) is 18.8 Å². The number of fused-ring (bicyclic) bond motifs is 2. The lowest BCUT2D eigenvalue weighted by molar-refractivity contribution is -0.0127. The first kappa shape index (κ1) is 12.2. The van der Waals surface area contributed by atoms with E-state index in [1.165, 1.54) is 41.5 Å². The summed E-state index contributed by atoms with van der Waals surface area (Å²) in [5.74, 6) is 1.36. The molecule has 18 heavy (non-hydrogen) atoms. The Bertz CT molecular complexity index is 453. The molecule has 2 saturated carbocycles. The van der Waals surface area contributed by atoms with Gasteiger partial charge in [-0.25, -0.2) is 0 Å². The van der Waals surface area contributed by atoms with Crippen LogP contribution in [0, 0.1) is 32.6 Å². The van der Waals surface area contributed by atoms with E-state index in [2.05, 4.69) is 32.9 Å². The summed E-state index contributed by atoms with van der Waals surface area (Å²) in [4.78, 5) is 0. The molecule has 0 amide bonds. The summed E-state index contributed by atoms with van der Waals surface area (Å²) in [5, 5.41) is 11.0. The minimum atomic E-state index is -0.409. The van der Waals surface area contributed by atoms with Crippen LogP contribution in [0.15, 0.2) is 12.1 Å². The molecule has 1 aromatic carbocycles. The van der Waals surface area contributed by atoms with Crippen molar-refractivity contribution in [2.24, 2.45) is 11.8 Å². The maximum atomic E-state index is 11.0. The lowest BCUT2D eigenvalue weighted by Crippen LogP contribution is -2.37. The second-order valence-electron chi connectivity index (χ2n) is 6.74. The first-order valence-electron chi connectivity index (χ1n) is 7.27. The van der Waals surface area contributed by atoms with Gasteiger partial charge in [0.05, 0.1) is 5.60 Å². The van der Waals surface area contributed by atoms with Crippen LogP contribution in [-0.4, -0.2) is 10.7 Å². The maximum Gasteiger partial charge on any atom is 0.0718 e. The highest BCUT2D eigenvalue weighted by Gasteiger charge is 2.49. The molecule has 1 heteroatoms. The molecular weight excluding hydrogens is 220 g/mol. The van der Waals surface area contributed by atoms with Crippen molar-refractivity contribution in [2.75, 3.05) is 0 Å². The lowest BCUT2D eigenvalue weighted by Gasteiger charge is -2.33. The first-order valence-corrected chi connectivity index (χ1v) is 7.27. The molecule has 3 atom stereocenters. The van der Waals surface area contributed by atoms with Gasteiger partial charge in [-0.15, -0.1) is 0 Å². The summed E-state index contributed by atoms with van der Waals surface area (Å²) >= 11 is 0. The van der Waals surface area contributed by atoms with Gasteiger partial charge in [-0.05, 0) is 75.0 Å². The molecule has 0 radical (unpaired) electrons. The zero-order valence-corrected chi connectivity index (χ0v) is 11.8. The van der Waals surface area contributed by atoms with E-state index in [9.17, 15) is 5.11 Å². The van der Waals surface area contributed by atoms with Gasteiger partial charge >= 0.3 is 0 Å². The highest BCUT2D eigenvalue weighted by atomic mass is 16.3. The van der Waals surface area contributed by atoms with Crippen molar-refractivity contribution < 1.29 is 5.11 Å². The number of benzene rings is 1. The first-order chi connectivity index (χ1) is 8.48. The molecule has 3 rings (SSSR count). The Hall–Kier alpha value is -0.820. The van der Waals surface area contributed by atoms with Gasteiger partial charge in [0.1, 0.15) is 0 Å². The van der Waals surface area contributed by atoms with Gasteiger partial charge in [0.25, 0.3) is 0 Å². The Morgan fingerprint density at radius 1 is 1.17 bits per heavy atom. The van der Waals surface area contributed by atoms with Crippen LogP contribution in [0.2, 0.25) is 0 Å². The Labute approximate surface area is 110 Å². The number of hydrogen-bond donors (Lipinski definition) is 1. The van der Waals surface area contributed by atoms with E-state index >= 15 is 0 Å². The van der Waals surface area contributed by atoms with E-state index in [-0.39, 0.29) is 0 Å². The monoisotopic (exact) mass is 244 g/mol. The standard InChI is InChI=1S/C17H24O/c1-11-6-12(2)16(13(3)7-11)10-17(18)9-14-4-5-15(17)8-14/h6-7,14-15,18H,4-5,8-10H2,1-3H3. The van der Waals surface area contributed by atoms with Gasteiger partial charge < -0.3 is 5.11 Å². The van der Waals surface area contributed by atoms with Crippen molar-refractivity contribution in [1.82, 2.24) is 0 Å². The molecule has 1 aromatic rings. The van der Waals surface area contributed by atoms with Crippen LogP contribution in [0.25, 0.3) is 0 Å². The van der Waals surface area contributed by atoms with Gasteiger partial charge in [0.2, 0.25) is 0 Å². The fourth-order valence-corrected chi connectivity index (χ4v) is 4.43. The van der Waals surface area contributed by atoms with Crippen molar-refractivity contribution in [2.45, 2.75) is 58.5 Å². The van der Waals surface area contributed by atoms with Crippen LogP contribution in [0.5, 0.6) is 0 Å².